The van der Waals surface area contributed by atoms with Crippen LogP contribution >= 0.6 is 0 Å². The Morgan fingerprint density at radius 1 is 1.27 bits per heavy atom. The van der Waals surface area contributed by atoms with Gasteiger partial charge in [0.2, 0.25) is 0 Å². The van der Waals surface area contributed by atoms with Crippen molar-refractivity contribution in [2.24, 2.45) is 23.7 Å². The molecule has 0 radical (unpaired) electrons. The molecule has 2 fully saturated rings. The van der Waals surface area contributed by atoms with E-state index < -0.39 is 11.7 Å². The van der Waals surface area contributed by atoms with E-state index in [2.05, 4.69) is 13.8 Å². The molecule has 3 unspecified atom stereocenters. The van der Waals surface area contributed by atoms with E-state index in [-0.39, 0.29) is 29.0 Å². The standard InChI is InChI=1S/C18H23NO3/c1-3-11(2)5-4-6-14(10-19)18(22)15-16(20)12-7-8-13(9-12)17(15)21/h4-6,10-13,15,19H,3,7-9H2,1-2H3/b5-4-,14-6+,19-10?. The highest BCUT2D eigenvalue weighted by atomic mass is 16.2. The Morgan fingerprint density at radius 3 is 2.36 bits per heavy atom. The molecule has 2 rings (SSSR count). The molecule has 22 heavy (non-hydrogen) atoms. The topological polar surface area (TPSA) is 75.1 Å². The maximum atomic E-state index is 12.5. The quantitative estimate of drug-likeness (QED) is 0.355. The third-order valence-corrected chi connectivity index (χ3v) is 4.87. The summed E-state index contributed by atoms with van der Waals surface area (Å²) in [4.78, 5) is 37.2. The number of rotatable bonds is 6. The van der Waals surface area contributed by atoms with Crippen molar-refractivity contribution < 1.29 is 14.4 Å². The van der Waals surface area contributed by atoms with Crippen LogP contribution in [0, 0.1) is 29.1 Å². The van der Waals surface area contributed by atoms with Gasteiger partial charge in [0.05, 0.1) is 0 Å². The van der Waals surface area contributed by atoms with Crippen LogP contribution in [-0.4, -0.2) is 23.6 Å². The van der Waals surface area contributed by atoms with Gasteiger partial charge in [-0.25, -0.2) is 0 Å². The Labute approximate surface area is 131 Å². The van der Waals surface area contributed by atoms with Crippen molar-refractivity contribution in [3.8, 4) is 0 Å². The monoisotopic (exact) mass is 301 g/mol. The summed E-state index contributed by atoms with van der Waals surface area (Å²) in [6, 6.07) is 0. The van der Waals surface area contributed by atoms with Gasteiger partial charge in [0.1, 0.15) is 5.92 Å². The fourth-order valence-electron chi connectivity index (χ4n) is 3.22. The minimum atomic E-state index is -1.17. The van der Waals surface area contributed by atoms with Crippen LogP contribution in [0.2, 0.25) is 0 Å². The van der Waals surface area contributed by atoms with Gasteiger partial charge in [-0.3, -0.25) is 14.4 Å². The fraction of sp³-hybridized carbons (Fsp3) is 0.556. The summed E-state index contributed by atoms with van der Waals surface area (Å²) in [5.74, 6) is -2.04. The van der Waals surface area contributed by atoms with E-state index in [0.717, 1.165) is 25.5 Å². The van der Waals surface area contributed by atoms with Gasteiger partial charge in [0, 0.05) is 23.6 Å². The summed E-state index contributed by atoms with van der Waals surface area (Å²) in [5, 5.41) is 7.42. The summed E-state index contributed by atoms with van der Waals surface area (Å²) in [6.45, 7) is 4.12. The first-order valence-corrected chi connectivity index (χ1v) is 8.00. The lowest BCUT2D eigenvalue weighted by Crippen LogP contribution is -2.42. The SMILES string of the molecule is CCC(C)/C=C\C=C(/C=N)C(=O)C1C(=O)C2CCC(C2)C1=O. The molecule has 1 N–H and O–H groups in total. The fourth-order valence-corrected chi connectivity index (χ4v) is 3.22. The van der Waals surface area contributed by atoms with Crippen molar-refractivity contribution in [2.75, 3.05) is 0 Å². The first-order valence-electron chi connectivity index (χ1n) is 8.00. The van der Waals surface area contributed by atoms with E-state index in [1.54, 1.807) is 12.2 Å². The van der Waals surface area contributed by atoms with Crippen molar-refractivity contribution in [1.82, 2.24) is 0 Å². The van der Waals surface area contributed by atoms with E-state index in [4.69, 9.17) is 5.41 Å². The molecule has 4 nitrogen and oxygen atoms in total. The molecule has 0 saturated heterocycles. The predicted octanol–water partition coefficient (Wildman–Crippen LogP) is 2.92. The van der Waals surface area contributed by atoms with E-state index in [0.29, 0.717) is 12.3 Å². The summed E-state index contributed by atoms with van der Waals surface area (Å²) >= 11 is 0. The second-order valence-electron chi connectivity index (χ2n) is 6.35. The highest BCUT2D eigenvalue weighted by Gasteiger charge is 2.50. The molecular formula is C18H23NO3. The Balaban J connectivity index is 2.19. The van der Waals surface area contributed by atoms with Crippen LogP contribution < -0.4 is 0 Å². The highest BCUT2D eigenvalue weighted by Crippen LogP contribution is 2.41. The first-order chi connectivity index (χ1) is 10.5. The number of hydrogen-bond donors (Lipinski definition) is 1. The molecule has 118 valence electrons. The molecule has 2 aliphatic carbocycles. The number of hydrogen-bond acceptors (Lipinski definition) is 4. The maximum Gasteiger partial charge on any atom is 0.182 e. The van der Waals surface area contributed by atoms with E-state index in [1.807, 2.05) is 6.08 Å². The number of Topliss-reactive ketones (excluding diaryl/α,β-unsaturated/α-hetero) is 3. The minimum absolute atomic E-state index is 0.132. The molecule has 0 aromatic heterocycles. The summed E-state index contributed by atoms with van der Waals surface area (Å²) in [7, 11) is 0. The van der Waals surface area contributed by atoms with Gasteiger partial charge < -0.3 is 5.41 Å². The third kappa shape index (κ3) is 3.16. The number of ketones is 3. The molecular weight excluding hydrogens is 278 g/mol. The summed E-state index contributed by atoms with van der Waals surface area (Å²) < 4.78 is 0. The van der Waals surface area contributed by atoms with Crippen molar-refractivity contribution in [3.05, 3.63) is 23.8 Å². The molecule has 0 aliphatic heterocycles. The second kappa shape index (κ2) is 6.95. The van der Waals surface area contributed by atoms with Crippen LogP contribution in [0.25, 0.3) is 0 Å². The molecule has 3 atom stereocenters. The third-order valence-electron chi connectivity index (χ3n) is 4.87. The number of fused-ring (bicyclic) bond motifs is 2. The second-order valence-corrected chi connectivity index (χ2v) is 6.35. The van der Waals surface area contributed by atoms with Crippen molar-refractivity contribution >= 4 is 23.6 Å². The number of nitrogens with one attached hydrogen (secondary N) is 1. The van der Waals surface area contributed by atoms with Crippen LogP contribution in [0.15, 0.2) is 23.8 Å². The molecule has 4 heteroatoms. The van der Waals surface area contributed by atoms with Gasteiger partial charge in [-0.1, -0.05) is 38.5 Å². The Bertz CT molecular complexity index is 537. The van der Waals surface area contributed by atoms with Gasteiger partial charge in [0.15, 0.2) is 17.3 Å². The van der Waals surface area contributed by atoms with E-state index in [1.165, 1.54) is 0 Å². The Morgan fingerprint density at radius 2 is 1.86 bits per heavy atom. The molecule has 2 saturated carbocycles. The van der Waals surface area contributed by atoms with Gasteiger partial charge in [0.25, 0.3) is 0 Å². The van der Waals surface area contributed by atoms with Crippen molar-refractivity contribution in [2.45, 2.75) is 39.5 Å². The smallest absolute Gasteiger partial charge is 0.182 e. The lowest BCUT2D eigenvalue weighted by atomic mass is 9.75. The molecule has 0 aromatic rings. The van der Waals surface area contributed by atoms with Crippen LogP contribution in [0.3, 0.4) is 0 Å². The van der Waals surface area contributed by atoms with Crippen LogP contribution in [0.1, 0.15) is 39.5 Å². The lowest BCUT2D eigenvalue weighted by Gasteiger charge is -2.24. The number of carbonyl (C=O) groups excluding carboxylic acids is 3. The zero-order valence-corrected chi connectivity index (χ0v) is 13.2. The van der Waals surface area contributed by atoms with Crippen LogP contribution in [0.4, 0.5) is 0 Å². The lowest BCUT2D eigenvalue weighted by molar-refractivity contribution is -0.144. The summed E-state index contributed by atoms with van der Waals surface area (Å²) in [5.41, 5.74) is 0.132. The number of carbonyl (C=O) groups is 3. The normalized spacial score (nSPS) is 29.9. The van der Waals surface area contributed by atoms with Crippen molar-refractivity contribution in [3.63, 3.8) is 0 Å². The highest BCUT2D eigenvalue weighted by molar-refractivity contribution is 6.30. The van der Waals surface area contributed by atoms with Gasteiger partial charge in [-0.15, -0.1) is 0 Å². The minimum Gasteiger partial charge on any atom is -0.308 e. The van der Waals surface area contributed by atoms with Crippen LogP contribution in [0.5, 0.6) is 0 Å². The van der Waals surface area contributed by atoms with Gasteiger partial charge >= 0.3 is 0 Å². The van der Waals surface area contributed by atoms with Crippen molar-refractivity contribution in [1.29, 1.82) is 5.41 Å². The Kier molecular flexibility index (Phi) is 5.22. The average Bonchev–Trinajstić information content (AvgIpc) is 2.96. The van der Waals surface area contributed by atoms with E-state index in [9.17, 15) is 14.4 Å². The molecule has 0 heterocycles. The molecule has 2 bridgehead atoms. The number of allylic oxidation sites excluding steroid dienone is 4. The maximum absolute atomic E-state index is 12.5. The largest absolute Gasteiger partial charge is 0.308 e. The van der Waals surface area contributed by atoms with E-state index >= 15 is 0 Å². The Hall–Kier alpha value is -1.84. The molecule has 0 spiro atoms. The molecule has 0 aromatic carbocycles. The van der Waals surface area contributed by atoms with Gasteiger partial charge in [-0.2, -0.15) is 0 Å². The zero-order chi connectivity index (χ0) is 16.3. The first kappa shape index (κ1) is 16.5. The molecule has 0 amide bonds. The average molecular weight is 301 g/mol. The molecule has 2 aliphatic rings. The predicted molar refractivity (Wildman–Crippen MR) is 84.8 cm³/mol. The van der Waals surface area contributed by atoms with Crippen LogP contribution in [-0.2, 0) is 14.4 Å². The zero-order valence-electron chi connectivity index (χ0n) is 13.2. The summed E-state index contributed by atoms with van der Waals surface area (Å²) in [6.07, 6.45) is 9.20. The van der Waals surface area contributed by atoms with Gasteiger partial charge in [-0.05, 0) is 25.2 Å².